The Balaban J connectivity index is 2.00. The lowest BCUT2D eigenvalue weighted by atomic mass is 10.1. The largest absolute Gasteiger partial charge is 0.406 e. The van der Waals surface area contributed by atoms with Gasteiger partial charge in [-0.1, -0.05) is 29.4 Å². The average Bonchev–Trinajstić information content (AvgIpc) is 2.77. The number of hydrogen-bond donors (Lipinski definition) is 1. The summed E-state index contributed by atoms with van der Waals surface area (Å²) in [5.41, 5.74) is 2.43. The number of halogens is 1. The maximum absolute atomic E-state index is 5.83. The molecule has 0 aliphatic rings. The molecule has 1 unspecified atom stereocenters. The molecular weight excluding hydrogens is 238 g/mol. The summed E-state index contributed by atoms with van der Waals surface area (Å²) in [4.78, 5) is 0. The van der Waals surface area contributed by atoms with E-state index in [4.69, 9.17) is 16.0 Å². The molecule has 0 fully saturated rings. The van der Waals surface area contributed by atoms with E-state index < -0.39 is 0 Å². The average molecular weight is 252 g/mol. The van der Waals surface area contributed by atoms with Crippen LogP contribution >= 0.6 is 11.6 Å². The van der Waals surface area contributed by atoms with Crippen molar-refractivity contribution in [2.75, 3.05) is 5.32 Å². The maximum atomic E-state index is 5.83. The van der Waals surface area contributed by atoms with E-state index in [1.165, 1.54) is 11.1 Å². The van der Waals surface area contributed by atoms with Gasteiger partial charge in [0.1, 0.15) is 5.38 Å². The Morgan fingerprint density at radius 3 is 2.76 bits per heavy atom. The van der Waals surface area contributed by atoms with Crippen LogP contribution in [0, 0.1) is 6.92 Å². The predicted molar refractivity (Wildman–Crippen MR) is 67.1 cm³/mol. The molecule has 90 valence electrons. The predicted octanol–water partition coefficient (Wildman–Crippen LogP) is 3.29. The van der Waals surface area contributed by atoms with Crippen LogP contribution in [0.4, 0.5) is 6.01 Å². The van der Waals surface area contributed by atoms with Gasteiger partial charge in [-0.05, 0) is 25.0 Å². The van der Waals surface area contributed by atoms with Crippen LogP contribution in [0.3, 0.4) is 0 Å². The smallest absolute Gasteiger partial charge is 0.315 e. The van der Waals surface area contributed by atoms with Crippen LogP contribution in [-0.4, -0.2) is 10.2 Å². The third-order valence-corrected chi connectivity index (χ3v) is 2.66. The number of rotatable bonds is 4. The van der Waals surface area contributed by atoms with Gasteiger partial charge in [-0.2, -0.15) is 0 Å². The maximum Gasteiger partial charge on any atom is 0.315 e. The molecule has 0 saturated heterocycles. The van der Waals surface area contributed by atoms with Gasteiger partial charge in [0.05, 0.1) is 0 Å². The van der Waals surface area contributed by atoms with E-state index >= 15 is 0 Å². The van der Waals surface area contributed by atoms with E-state index in [2.05, 4.69) is 34.6 Å². The Morgan fingerprint density at radius 1 is 1.35 bits per heavy atom. The van der Waals surface area contributed by atoms with Crippen LogP contribution in [0.2, 0.25) is 0 Å². The second kappa shape index (κ2) is 5.19. The fourth-order valence-corrected chi connectivity index (χ4v) is 1.53. The van der Waals surface area contributed by atoms with Gasteiger partial charge in [0.2, 0.25) is 5.89 Å². The second-order valence-corrected chi connectivity index (χ2v) is 4.50. The van der Waals surface area contributed by atoms with Crippen molar-refractivity contribution in [3.63, 3.8) is 0 Å². The molecule has 4 nitrogen and oxygen atoms in total. The molecule has 0 saturated carbocycles. The molecule has 17 heavy (non-hydrogen) atoms. The molecule has 0 aliphatic carbocycles. The van der Waals surface area contributed by atoms with Gasteiger partial charge >= 0.3 is 6.01 Å². The van der Waals surface area contributed by atoms with Crippen LogP contribution < -0.4 is 5.32 Å². The lowest BCUT2D eigenvalue weighted by Gasteiger charge is -2.04. The quantitative estimate of drug-likeness (QED) is 0.848. The number of alkyl halides is 1. The van der Waals surface area contributed by atoms with Gasteiger partial charge in [0.15, 0.2) is 0 Å². The van der Waals surface area contributed by atoms with Crippen LogP contribution in [0.15, 0.2) is 28.7 Å². The number of nitrogens with zero attached hydrogens (tertiary/aromatic N) is 2. The number of aromatic nitrogens is 2. The highest BCUT2D eigenvalue weighted by atomic mass is 35.5. The molecule has 2 aromatic rings. The molecule has 5 heteroatoms. The van der Waals surface area contributed by atoms with Gasteiger partial charge in [-0.25, -0.2) is 0 Å². The monoisotopic (exact) mass is 251 g/mol. The number of benzene rings is 1. The van der Waals surface area contributed by atoms with Crippen molar-refractivity contribution in [1.82, 2.24) is 10.2 Å². The normalized spacial score (nSPS) is 12.4. The third kappa shape index (κ3) is 2.97. The van der Waals surface area contributed by atoms with Crippen molar-refractivity contribution in [2.45, 2.75) is 25.8 Å². The molecule has 0 spiro atoms. The summed E-state index contributed by atoms with van der Waals surface area (Å²) in [5.74, 6) is 0.430. The highest BCUT2D eigenvalue weighted by molar-refractivity contribution is 6.20. The molecule has 1 N–H and O–H groups in total. The first kappa shape index (κ1) is 11.9. The van der Waals surface area contributed by atoms with E-state index in [1.54, 1.807) is 6.92 Å². The van der Waals surface area contributed by atoms with Gasteiger partial charge in [-0.3, -0.25) is 0 Å². The van der Waals surface area contributed by atoms with Crippen LogP contribution in [-0.2, 0) is 6.54 Å². The number of aryl methyl sites for hydroxylation is 1. The fraction of sp³-hybridized carbons (Fsp3) is 0.333. The summed E-state index contributed by atoms with van der Waals surface area (Å²) in [5, 5.41) is 10.5. The third-order valence-electron chi connectivity index (χ3n) is 2.47. The van der Waals surface area contributed by atoms with Crippen molar-refractivity contribution < 1.29 is 4.42 Å². The molecular formula is C12H14ClN3O. The number of hydrogen-bond acceptors (Lipinski definition) is 4. The second-order valence-electron chi connectivity index (χ2n) is 3.84. The van der Waals surface area contributed by atoms with Crippen molar-refractivity contribution in [1.29, 1.82) is 0 Å². The fourth-order valence-electron chi connectivity index (χ4n) is 1.45. The highest BCUT2D eigenvalue weighted by Gasteiger charge is 2.10. The topological polar surface area (TPSA) is 51.0 Å². The van der Waals surface area contributed by atoms with Crippen molar-refractivity contribution in [3.05, 3.63) is 41.3 Å². The van der Waals surface area contributed by atoms with Gasteiger partial charge in [0.25, 0.3) is 0 Å². The molecule has 0 amide bonds. The van der Waals surface area contributed by atoms with Crippen molar-refractivity contribution in [3.8, 4) is 0 Å². The Bertz CT molecular complexity index is 496. The minimum absolute atomic E-state index is 0.267. The molecule has 1 heterocycles. The molecule has 1 aromatic carbocycles. The van der Waals surface area contributed by atoms with Gasteiger partial charge in [0, 0.05) is 6.54 Å². The van der Waals surface area contributed by atoms with E-state index in [9.17, 15) is 0 Å². The van der Waals surface area contributed by atoms with Gasteiger partial charge < -0.3 is 9.73 Å². The highest BCUT2D eigenvalue weighted by Crippen LogP contribution is 2.19. The molecule has 0 bridgehead atoms. The minimum atomic E-state index is -0.267. The number of nitrogens with one attached hydrogen (secondary N) is 1. The zero-order valence-corrected chi connectivity index (χ0v) is 10.5. The number of anilines is 1. The van der Waals surface area contributed by atoms with E-state index in [0.717, 1.165) is 0 Å². The SMILES string of the molecule is Cc1ccccc1CNc1nnc(C(C)Cl)o1. The molecule has 0 aliphatic heterocycles. The summed E-state index contributed by atoms with van der Waals surface area (Å²) in [7, 11) is 0. The summed E-state index contributed by atoms with van der Waals surface area (Å²) >= 11 is 5.83. The first-order valence-corrected chi connectivity index (χ1v) is 5.86. The Kier molecular flexibility index (Phi) is 3.64. The van der Waals surface area contributed by atoms with Gasteiger partial charge in [-0.15, -0.1) is 16.7 Å². The van der Waals surface area contributed by atoms with E-state index in [-0.39, 0.29) is 5.38 Å². The van der Waals surface area contributed by atoms with E-state index in [0.29, 0.717) is 18.5 Å². The summed E-state index contributed by atoms with van der Waals surface area (Å²) < 4.78 is 5.34. The zero-order chi connectivity index (χ0) is 12.3. The molecule has 1 atom stereocenters. The first-order valence-electron chi connectivity index (χ1n) is 5.42. The Hall–Kier alpha value is -1.55. The summed E-state index contributed by atoms with van der Waals surface area (Å²) in [6.45, 7) is 4.52. The summed E-state index contributed by atoms with van der Waals surface area (Å²) in [6.07, 6.45) is 0. The molecule has 0 radical (unpaired) electrons. The van der Waals surface area contributed by atoms with Crippen molar-refractivity contribution >= 4 is 17.6 Å². The molecule has 2 rings (SSSR count). The van der Waals surface area contributed by atoms with Crippen LogP contribution in [0.25, 0.3) is 0 Å². The molecule has 1 aromatic heterocycles. The lowest BCUT2D eigenvalue weighted by molar-refractivity contribution is 0.505. The van der Waals surface area contributed by atoms with Crippen LogP contribution in [0.1, 0.15) is 29.3 Å². The Labute approximate surface area is 105 Å². The Morgan fingerprint density at radius 2 is 2.12 bits per heavy atom. The minimum Gasteiger partial charge on any atom is -0.406 e. The lowest BCUT2D eigenvalue weighted by Crippen LogP contribution is -2.01. The van der Waals surface area contributed by atoms with Crippen LogP contribution in [0.5, 0.6) is 0 Å². The first-order chi connectivity index (χ1) is 8.16. The van der Waals surface area contributed by atoms with E-state index in [1.807, 2.05) is 12.1 Å². The standard InChI is InChI=1S/C12H14ClN3O/c1-8-5-3-4-6-10(8)7-14-12-16-15-11(17-12)9(2)13/h3-6,9H,7H2,1-2H3,(H,14,16). The van der Waals surface area contributed by atoms with Crippen molar-refractivity contribution in [2.24, 2.45) is 0 Å². The summed E-state index contributed by atoms with van der Waals surface area (Å²) in [6, 6.07) is 8.54. The zero-order valence-electron chi connectivity index (χ0n) is 9.77.